The third kappa shape index (κ3) is 4.35. The van der Waals surface area contributed by atoms with Crippen molar-refractivity contribution in [3.05, 3.63) is 28.5 Å². The minimum Gasteiger partial charge on any atom is -0.374 e. The van der Waals surface area contributed by atoms with Gasteiger partial charge in [-0.3, -0.25) is 0 Å². The molecule has 0 aliphatic rings. The van der Waals surface area contributed by atoms with Gasteiger partial charge in [-0.15, -0.1) is 11.3 Å². The van der Waals surface area contributed by atoms with Crippen molar-refractivity contribution in [2.45, 2.75) is 32.9 Å². The summed E-state index contributed by atoms with van der Waals surface area (Å²) < 4.78 is 5.35. The Kier molecular flexibility index (Phi) is 5.85. The van der Waals surface area contributed by atoms with Crippen LogP contribution >= 0.6 is 11.3 Å². The van der Waals surface area contributed by atoms with Crippen molar-refractivity contribution in [1.82, 2.24) is 15.0 Å². The molecule has 0 saturated heterocycles. The SMILES string of the molecule is CCOCc1nc(NN)cc(NC(CC)c2nccs2)n1. The molecule has 0 radical (unpaired) electrons. The first kappa shape index (κ1) is 15.6. The molecule has 2 rings (SSSR count). The molecule has 4 N–H and O–H groups in total. The van der Waals surface area contributed by atoms with E-state index < -0.39 is 0 Å². The van der Waals surface area contributed by atoms with E-state index in [0.717, 1.165) is 11.4 Å². The number of nitrogens with zero attached hydrogens (tertiary/aromatic N) is 3. The van der Waals surface area contributed by atoms with Gasteiger partial charge in [0.1, 0.15) is 23.3 Å². The lowest BCUT2D eigenvalue weighted by Crippen LogP contribution is -2.15. The van der Waals surface area contributed by atoms with E-state index in [1.807, 2.05) is 12.3 Å². The van der Waals surface area contributed by atoms with Gasteiger partial charge < -0.3 is 15.5 Å². The van der Waals surface area contributed by atoms with Crippen molar-refractivity contribution in [3.8, 4) is 0 Å². The number of hydrazine groups is 1. The van der Waals surface area contributed by atoms with Crippen LogP contribution in [0.1, 0.15) is 37.1 Å². The predicted molar refractivity (Wildman–Crippen MR) is 83.9 cm³/mol. The highest BCUT2D eigenvalue weighted by Gasteiger charge is 2.13. The minimum absolute atomic E-state index is 0.116. The smallest absolute Gasteiger partial charge is 0.158 e. The first-order valence-electron chi connectivity index (χ1n) is 6.85. The molecule has 1 unspecified atom stereocenters. The van der Waals surface area contributed by atoms with Gasteiger partial charge >= 0.3 is 0 Å². The van der Waals surface area contributed by atoms with E-state index in [1.165, 1.54) is 0 Å². The molecule has 2 heterocycles. The van der Waals surface area contributed by atoms with E-state index in [0.29, 0.717) is 30.7 Å². The van der Waals surface area contributed by atoms with Crippen LogP contribution in [0.25, 0.3) is 0 Å². The number of nitrogen functional groups attached to an aromatic ring is 1. The normalized spacial score (nSPS) is 12.1. The van der Waals surface area contributed by atoms with E-state index in [1.54, 1.807) is 23.6 Å². The number of hydrogen-bond acceptors (Lipinski definition) is 8. The van der Waals surface area contributed by atoms with Crippen LogP contribution in [0.2, 0.25) is 0 Å². The Hall–Kier alpha value is -1.77. The molecular formula is C13H20N6OS. The van der Waals surface area contributed by atoms with Crippen molar-refractivity contribution in [1.29, 1.82) is 0 Å². The maximum absolute atomic E-state index is 5.46. The Balaban J connectivity index is 2.17. The zero-order valence-electron chi connectivity index (χ0n) is 12.2. The summed E-state index contributed by atoms with van der Waals surface area (Å²) in [4.78, 5) is 13.1. The van der Waals surface area contributed by atoms with Crippen LogP contribution in [-0.4, -0.2) is 21.6 Å². The summed E-state index contributed by atoms with van der Waals surface area (Å²) in [6.45, 7) is 5.00. The summed E-state index contributed by atoms with van der Waals surface area (Å²) >= 11 is 1.62. The summed E-state index contributed by atoms with van der Waals surface area (Å²) in [5.41, 5.74) is 2.55. The summed E-state index contributed by atoms with van der Waals surface area (Å²) in [5, 5.41) is 6.37. The predicted octanol–water partition coefficient (Wildman–Crippen LogP) is 2.32. The van der Waals surface area contributed by atoms with Gasteiger partial charge in [-0.2, -0.15) is 0 Å². The zero-order valence-corrected chi connectivity index (χ0v) is 13.0. The van der Waals surface area contributed by atoms with Crippen molar-refractivity contribution in [2.75, 3.05) is 17.3 Å². The lowest BCUT2D eigenvalue weighted by molar-refractivity contribution is 0.128. The number of aromatic nitrogens is 3. The number of nitrogens with two attached hydrogens (primary N) is 1. The standard InChI is InChI=1S/C13H20N6OS/c1-3-9(13-15-5-6-21-13)16-10-7-11(19-14)18-12(17-10)8-20-4-2/h5-7,9H,3-4,8,14H2,1-2H3,(H2,16,17,18,19). The largest absolute Gasteiger partial charge is 0.374 e. The molecule has 0 bridgehead atoms. The Morgan fingerprint density at radius 2 is 2.14 bits per heavy atom. The Morgan fingerprint density at radius 3 is 2.76 bits per heavy atom. The van der Waals surface area contributed by atoms with E-state index in [4.69, 9.17) is 10.6 Å². The van der Waals surface area contributed by atoms with Crippen molar-refractivity contribution in [2.24, 2.45) is 5.84 Å². The number of anilines is 2. The molecule has 2 aromatic rings. The number of ether oxygens (including phenoxy) is 1. The number of hydrogen-bond donors (Lipinski definition) is 3. The molecule has 0 aliphatic heterocycles. The van der Waals surface area contributed by atoms with Crippen LogP contribution in [0, 0.1) is 0 Å². The van der Waals surface area contributed by atoms with Gasteiger partial charge in [0, 0.05) is 24.3 Å². The second-order valence-electron chi connectivity index (χ2n) is 4.31. The highest BCUT2D eigenvalue weighted by molar-refractivity contribution is 7.09. The Morgan fingerprint density at radius 1 is 1.33 bits per heavy atom. The quantitative estimate of drug-likeness (QED) is 0.508. The highest BCUT2D eigenvalue weighted by atomic mass is 32.1. The molecular weight excluding hydrogens is 288 g/mol. The van der Waals surface area contributed by atoms with Crippen molar-refractivity contribution in [3.63, 3.8) is 0 Å². The maximum atomic E-state index is 5.46. The fourth-order valence-electron chi connectivity index (χ4n) is 1.83. The molecule has 0 aromatic carbocycles. The third-order valence-corrected chi connectivity index (χ3v) is 3.72. The van der Waals surface area contributed by atoms with Gasteiger partial charge in [0.25, 0.3) is 0 Å². The molecule has 0 aliphatic carbocycles. The summed E-state index contributed by atoms with van der Waals surface area (Å²) in [5.74, 6) is 7.30. The van der Waals surface area contributed by atoms with Crippen LogP contribution in [0.4, 0.5) is 11.6 Å². The highest BCUT2D eigenvalue weighted by Crippen LogP contribution is 2.24. The summed E-state index contributed by atoms with van der Waals surface area (Å²) in [6.07, 6.45) is 2.71. The van der Waals surface area contributed by atoms with Gasteiger partial charge in [0.2, 0.25) is 0 Å². The molecule has 0 fully saturated rings. The van der Waals surface area contributed by atoms with Crippen LogP contribution in [-0.2, 0) is 11.3 Å². The van der Waals surface area contributed by atoms with Gasteiger partial charge in [0.05, 0.1) is 6.04 Å². The average Bonchev–Trinajstić information content (AvgIpc) is 3.04. The molecule has 2 aromatic heterocycles. The van der Waals surface area contributed by atoms with Gasteiger partial charge in [-0.1, -0.05) is 6.92 Å². The molecule has 0 saturated carbocycles. The topological polar surface area (TPSA) is 98.0 Å². The maximum Gasteiger partial charge on any atom is 0.158 e. The fourth-order valence-corrected chi connectivity index (χ4v) is 2.60. The van der Waals surface area contributed by atoms with Crippen LogP contribution < -0.4 is 16.6 Å². The lowest BCUT2D eigenvalue weighted by atomic mass is 10.2. The minimum atomic E-state index is 0.116. The van der Waals surface area contributed by atoms with Crippen molar-refractivity contribution >= 4 is 23.0 Å². The second kappa shape index (κ2) is 7.87. The number of nitrogens with one attached hydrogen (secondary N) is 2. The third-order valence-electron chi connectivity index (χ3n) is 2.84. The van der Waals surface area contributed by atoms with Gasteiger partial charge in [0.15, 0.2) is 5.82 Å². The molecule has 8 heteroatoms. The van der Waals surface area contributed by atoms with E-state index in [2.05, 4.69) is 32.6 Å². The molecule has 1 atom stereocenters. The average molecular weight is 308 g/mol. The first-order valence-corrected chi connectivity index (χ1v) is 7.73. The second-order valence-corrected chi connectivity index (χ2v) is 5.24. The molecule has 0 spiro atoms. The zero-order chi connectivity index (χ0) is 15.1. The summed E-state index contributed by atoms with van der Waals surface area (Å²) in [7, 11) is 0. The van der Waals surface area contributed by atoms with Gasteiger partial charge in [-0.05, 0) is 13.3 Å². The summed E-state index contributed by atoms with van der Waals surface area (Å²) in [6, 6.07) is 1.89. The van der Waals surface area contributed by atoms with E-state index in [9.17, 15) is 0 Å². The Labute approximate surface area is 128 Å². The van der Waals surface area contributed by atoms with E-state index >= 15 is 0 Å². The fraction of sp³-hybridized carbons (Fsp3) is 0.462. The monoisotopic (exact) mass is 308 g/mol. The first-order chi connectivity index (χ1) is 10.3. The number of rotatable bonds is 8. The van der Waals surface area contributed by atoms with Crippen LogP contribution in [0.3, 0.4) is 0 Å². The lowest BCUT2D eigenvalue weighted by Gasteiger charge is -2.16. The molecule has 21 heavy (non-hydrogen) atoms. The van der Waals surface area contributed by atoms with Crippen molar-refractivity contribution < 1.29 is 4.74 Å². The molecule has 0 amide bonds. The molecule has 7 nitrogen and oxygen atoms in total. The van der Waals surface area contributed by atoms with Gasteiger partial charge in [-0.25, -0.2) is 20.8 Å². The Bertz CT molecular complexity index is 548. The molecule has 114 valence electrons. The number of thiazole rings is 1. The van der Waals surface area contributed by atoms with E-state index in [-0.39, 0.29) is 6.04 Å². The van der Waals surface area contributed by atoms with Crippen LogP contribution in [0.15, 0.2) is 17.6 Å². The van der Waals surface area contributed by atoms with Crippen LogP contribution in [0.5, 0.6) is 0 Å².